The molecule has 0 radical (unpaired) electrons. The molecule has 1 N–H and O–H groups in total. The summed E-state index contributed by atoms with van der Waals surface area (Å²) in [4.78, 5) is 4.14. The van der Waals surface area contributed by atoms with Gasteiger partial charge in [0.15, 0.2) is 0 Å². The van der Waals surface area contributed by atoms with Crippen LogP contribution in [0.2, 0.25) is 0 Å². The molecular weight excluding hydrogens is 212 g/mol. The van der Waals surface area contributed by atoms with E-state index in [2.05, 4.69) is 37.1 Å². The molecule has 0 aliphatic heterocycles. The van der Waals surface area contributed by atoms with Crippen molar-refractivity contribution in [1.82, 2.24) is 10.3 Å². The third-order valence-electron chi connectivity index (χ3n) is 2.52. The Hall–Kier alpha value is -0.930. The summed E-state index contributed by atoms with van der Waals surface area (Å²) in [6.07, 6.45) is 6.14. The van der Waals surface area contributed by atoms with Crippen LogP contribution in [0.3, 0.4) is 0 Å². The van der Waals surface area contributed by atoms with Crippen molar-refractivity contribution in [3.63, 3.8) is 0 Å². The van der Waals surface area contributed by atoms with E-state index < -0.39 is 0 Å². The summed E-state index contributed by atoms with van der Waals surface area (Å²) in [7, 11) is 0. The van der Waals surface area contributed by atoms with Crippen LogP contribution in [0.4, 0.5) is 0 Å². The number of hydrogen-bond donors (Lipinski definition) is 1. The van der Waals surface area contributed by atoms with Crippen LogP contribution in [0.1, 0.15) is 32.8 Å². The summed E-state index contributed by atoms with van der Waals surface area (Å²) in [6, 6.07) is 4.47. The standard InChI is InChI=1S/C14H24N2O/c1-4-7-16-14(11-17-12(2)3)9-13-6-5-8-15-10-13/h5-6,8,10,12,14,16H,4,7,9,11H2,1-3H3. The van der Waals surface area contributed by atoms with Gasteiger partial charge in [-0.15, -0.1) is 0 Å². The fraction of sp³-hybridized carbons (Fsp3) is 0.643. The van der Waals surface area contributed by atoms with Crippen LogP contribution in [0.15, 0.2) is 24.5 Å². The van der Waals surface area contributed by atoms with Gasteiger partial charge in [-0.05, 0) is 44.9 Å². The van der Waals surface area contributed by atoms with Crippen molar-refractivity contribution in [3.8, 4) is 0 Å². The van der Waals surface area contributed by atoms with Crippen LogP contribution in [0.25, 0.3) is 0 Å². The van der Waals surface area contributed by atoms with Crippen molar-refractivity contribution in [2.45, 2.75) is 45.8 Å². The number of hydrogen-bond acceptors (Lipinski definition) is 3. The van der Waals surface area contributed by atoms with Gasteiger partial charge in [0.05, 0.1) is 12.7 Å². The van der Waals surface area contributed by atoms with Gasteiger partial charge in [-0.25, -0.2) is 0 Å². The molecule has 17 heavy (non-hydrogen) atoms. The average molecular weight is 236 g/mol. The fourth-order valence-electron chi connectivity index (χ4n) is 1.65. The van der Waals surface area contributed by atoms with Crippen molar-refractivity contribution in [3.05, 3.63) is 30.1 Å². The molecule has 3 nitrogen and oxygen atoms in total. The molecule has 0 saturated carbocycles. The maximum absolute atomic E-state index is 5.69. The Morgan fingerprint density at radius 3 is 2.82 bits per heavy atom. The number of aromatic nitrogens is 1. The highest BCUT2D eigenvalue weighted by atomic mass is 16.5. The zero-order chi connectivity index (χ0) is 12.5. The third-order valence-corrected chi connectivity index (χ3v) is 2.52. The molecule has 0 aliphatic carbocycles. The van der Waals surface area contributed by atoms with Gasteiger partial charge in [0.1, 0.15) is 0 Å². The number of rotatable bonds is 8. The lowest BCUT2D eigenvalue weighted by atomic mass is 10.1. The second kappa shape index (κ2) is 8.20. The molecule has 1 rings (SSSR count). The summed E-state index contributed by atoms with van der Waals surface area (Å²) in [5.41, 5.74) is 1.26. The monoisotopic (exact) mass is 236 g/mol. The first kappa shape index (κ1) is 14.1. The molecule has 1 heterocycles. The van der Waals surface area contributed by atoms with Crippen LogP contribution >= 0.6 is 0 Å². The Labute approximate surface area is 105 Å². The molecule has 0 saturated heterocycles. The van der Waals surface area contributed by atoms with E-state index >= 15 is 0 Å². The normalized spacial score (nSPS) is 12.9. The number of pyridine rings is 1. The van der Waals surface area contributed by atoms with E-state index in [1.54, 1.807) is 0 Å². The van der Waals surface area contributed by atoms with Gasteiger partial charge in [0.25, 0.3) is 0 Å². The van der Waals surface area contributed by atoms with Crippen LogP contribution in [0.5, 0.6) is 0 Å². The summed E-state index contributed by atoms with van der Waals surface area (Å²) < 4.78 is 5.69. The maximum Gasteiger partial charge on any atom is 0.0626 e. The minimum atomic E-state index is 0.287. The predicted molar refractivity (Wildman–Crippen MR) is 71.1 cm³/mol. The third kappa shape index (κ3) is 6.39. The van der Waals surface area contributed by atoms with Gasteiger partial charge < -0.3 is 10.1 Å². The summed E-state index contributed by atoms with van der Waals surface area (Å²) in [5, 5.41) is 3.52. The van der Waals surface area contributed by atoms with Gasteiger partial charge in [-0.1, -0.05) is 13.0 Å². The zero-order valence-electron chi connectivity index (χ0n) is 11.1. The average Bonchev–Trinajstić information content (AvgIpc) is 2.34. The van der Waals surface area contributed by atoms with Crippen molar-refractivity contribution in [2.75, 3.05) is 13.2 Å². The largest absolute Gasteiger partial charge is 0.377 e. The van der Waals surface area contributed by atoms with E-state index in [4.69, 9.17) is 4.74 Å². The van der Waals surface area contributed by atoms with Crippen molar-refractivity contribution < 1.29 is 4.74 Å². The van der Waals surface area contributed by atoms with Gasteiger partial charge >= 0.3 is 0 Å². The van der Waals surface area contributed by atoms with Gasteiger partial charge in [-0.2, -0.15) is 0 Å². The van der Waals surface area contributed by atoms with Crippen LogP contribution in [0, 0.1) is 0 Å². The summed E-state index contributed by atoms with van der Waals surface area (Å²) >= 11 is 0. The molecule has 1 atom stereocenters. The number of nitrogens with zero attached hydrogens (tertiary/aromatic N) is 1. The lowest BCUT2D eigenvalue weighted by molar-refractivity contribution is 0.0613. The molecule has 1 unspecified atom stereocenters. The first-order valence-electron chi connectivity index (χ1n) is 6.46. The smallest absolute Gasteiger partial charge is 0.0626 e. The second-order valence-electron chi connectivity index (χ2n) is 4.60. The van der Waals surface area contributed by atoms with Crippen LogP contribution in [-0.4, -0.2) is 30.3 Å². The second-order valence-corrected chi connectivity index (χ2v) is 4.60. The Bertz CT molecular complexity index is 288. The molecule has 0 amide bonds. The Kier molecular flexibility index (Phi) is 6.82. The molecule has 0 fully saturated rings. The Balaban J connectivity index is 2.44. The van der Waals surface area contributed by atoms with E-state index in [0.717, 1.165) is 26.0 Å². The molecule has 0 bridgehead atoms. The van der Waals surface area contributed by atoms with Crippen LogP contribution < -0.4 is 5.32 Å². The van der Waals surface area contributed by atoms with Gasteiger partial charge in [-0.3, -0.25) is 4.98 Å². The minimum absolute atomic E-state index is 0.287. The topological polar surface area (TPSA) is 34.1 Å². The van der Waals surface area contributed by atoms with E-state index in [0.29, 0.717) is 6.04 Å². The van der Waals surface area contributed by atoms with E-state index in [1.165, 1.54) is 5.56 Å². The first-order chi connectivity index (χ1) is 8.22. The predicted octanol–water partition coefficient (Wildman–Crippen LogP) is 2.42. The Morgan fingerprint density at radius 1 is 1.41 bits per heavy atom. The van der Waals surface area contributed by atoms with Crippen molar-refractivity contribution >= 4 is 0 Å². The first-order valence-corrected chi connectivity index (χ1v) is 6.46. The minimum Gasteiger partial charge on any atom is -0.377 e. The van der Waals surface area contributed by atoms with E-state index in [-0.39, 0.29) is 6.10 Å². The molecule has 0 spiro atoms. The fourth-order valence-corrected chi connectivity index (χ4v) is 1.65. The highest BCUT2D eigenvalue weighted by Crippen LogP contribution is 2.03. The van der Waals surface area contributed by atoms with Crippen molar-refractivity contribution in [2.24, 2.45) is 0 Å². The Morgan fingerprint density at radius 2 is 2.24 bits per heavy atom. The highest BCUT2D eigenvalue weighted by Gasteiger charge is 2.10. The van der Waals surface area contributed by atoms with Gasteiger partial charge in [0.2, 0.25) is 0 Å². The molecular formula is C14H24N2O. The number of nitrogens with one attached hydrogen (secondary N) is 1. The molecule has 1 aromatic rings. The lowest BCUT2D eigenvalue weighted by Gasteiger charge is -2.20. The van der Waals surface area contributed by atoms with Crippen LogP contribution in [-0.2, 0) is 11.2 Å². The summed E-state index contributed by atoms with van der Waals surface area (Å²) in [5.74, 6) is 0. The highest BCUT2D eigenvalue weighted by molar-refractivity contribution is 5.10. The molecule has 3 heteroatoms. The van der Waals surface area contributed by atoms with Crippen molar-refractivity contribution in [1.29, 1.82) is 0 Å². The summed E-state index contributed by atoms with van der Waals surface area (Å²) in [6.45, 7) is 8.11. The molecule has 96 valence electrons. The zero-order valence-corrected chi connectivity index (χ0v) is 11.1. The quantitative estimate of drug-likeness (QED) is 0.752. The number of ether oxygens (including phenoxy) is 1. The molecule has 0 aliphatic rings. The molecule has 1 aromatic heterocycles. The van der Waals surface area contributed by atoms with E-state index in [1.807, 2.05) is 18.5 Å². The van der Waals surface area contributed by atoms with Gasteiger partial charge in [0, 0.05) is 18.4 Å². The molecule has 0 aromatic carbocycles. The SMILES string of the molecule is CCCNC(COC(C)C)Cc1cccnc1. The van der Waals surface area contributed by atoms with E-state index in [9.17, 15) is 0 Å². The maximum atomic E-state index is 5.69. The lowest BCUT2D eigenvalue weighted by Crippen LogP contribution is -2.36.